The molecule has 0 saturated carbocycles. The minimum atomic E-state index is -0.0669. The van der Waals surface area contributed by atoms with Gasteiger partial charge in [0.25, 0.3) is 5.91 Å². The summed E-state index contributed by atoms with van der Waals surface area (Å²) in [6.07, 6.45) is 0. The van der Waals surface area contributed by atoms with Gasteiger partial charge in [-0.15, -0.1) is 0 Å². The Morgan fingerprint density at radius 1 is 1.17 bits per heavy atom. The molecular formula is C17H18N4O2. The SMILES string of the molecule is Cc1cccc(OCCN(C)C(=O)c2ccc3n[nH]nc3c2)c1. The normalized spacial score (nSPS) is 10.7. The molecule has 0 atom stereocenters. The van der Waals surface area contributed by atoms with Crippen molar-refractivity contribution < 1.29 is 9.53 Å². The molecule has 0 radical (unpaired) electrons. The van der Waals surface area contributed by atoms with Crippen LogP contribution in [-0.4, -0.2) is 46.4 Å². The first kappa shape index (κ1) is 15.0. The van der Waals surface area contributed by atoms with Gasteiger partial charge in [0.15, 0.2) is 0 Å². The first-order chi connectivity index (χ1) is 11.1. The maximum Gasteiger partial charge on any atom is 0.253 e. The molecule has 1 heterocycles. The quantitative estimate of drug-likeness (QED) is 0.785. The highest BCUT2D eigenvalue weighted by atomic mass is 16.5. The number of rotatable bonds is 5. The number of amides is 1. The van der Waals surface area contributed by atoms with Crippen molar-refractivity contribution in [3.8, 4) is 5.75 Å². The van der Waals surface area contributed by atoms with Gasteiger partial charge in [-0.1, -0.05) is 12.1 Å². The number of ether oxygens (including phenoxy) is 1. The zero-order chi connectivity index (χ0) is 16.2. The average Bonchev–Trinajstić information content (AvgIpc) is 3.01. The van der Waals surface area contributed by atoms with Crippen LogP contribution in [0.15, 0.2) is 42.5 Å². The Morgan fingerprint density at radius 2 is 2.00 bits per heavy atom. The average molecular weight is 310 g/mol. The van der Waals surface area contributed by atoms with Crippen molar-refractivity contribution in [3.63, 3.8) is 0 Å². The number of hydrogen-bond donors (Lipinski definition) is 1. The molecule has 6 nitrogen and oxygen atoms in total. The van der Waals surface area contributed by atoms with E-state index in [1.807, 2.05) is 31.2 Å². The molecule has 0 spiro atoms. The Labute approximate surface area is 134 Å². The Kier molecular flexibility index (Phi) is 4.23. The van der Waals surface area contributed by atoms with Crippen LogP contribution in [0.5, 0.6) is 5.75 Å². The third kappa shape index (κ3) is 3.48. The monoisotopic (exact) mass is 310 g/mol. The van der Waals surface area contributed by atoms with Crippen LogP contribution in [0.2, 0.25) is 0 Å². The smallest absolute Gasteiger partial charge is 0.253 e. The fourth-order valence-electron chi connectivity index (χ4n) is 2.30. The van der Waals surface area contributed by atoms with Gasteiger partial charge in [-0.3, -0.25) is 4.79 Å². The van der Waals surface area contributed by atoms with E-state index in [1.165, 1.54) is 0 Å². The standard InChI is InChI=1S/C17H18N4O2/c1-12-4-3-5-14(10-12)23-9-8-21(2)17(22)13-6-7-15-16(11-13)19-20-18-15/h3-7,10-11H,8-9H2,1-2H3,(H,18,19,20). The van der Waals surface area contributed by atoms with Gasteiger partial charge >= 0.3 is 0 Å². The van der Waals surface area contributed by atoms with Crippen molar-refractivity contribution in [2.75, 3.05) is 20.2 Å². The van der Waals surface area contributed by atoms with E-state index in [1.54, 1.807) is 30.1 Å². The number of hydrogen-bond acceptors (Lipinski definition) is 4. The summed E-state index contributed by atoms with van der Waals surface area (Å²) in [4.78, 5) is 14.1. The van der Waals surface area contributed by atoms with Gasteiger partial charge in [-0.05, 0) is 42.8 Å². The third-order valence-electron chi connectivity index (χ3n) is 3.59. The van der Waals surface area contributed by atoms with Crippen molar-refractivity contribution in [2.24, 2.45) is 0 Å². The van der Waals surface area contributed by atoms with E-state index in [2.05, 4.69) is 15.4 Å². The van der Waals surface area contributed by atoms with E-state index in [0.717, 1.165) is 16.8 Å². The lowest BCUT2D eigenvalue weighted by Crippen LogP contribution is -2.30. The van der Waals surface area contributed by atoms with Crippen molar-refractivity contribution >= 4 is 16.9 Å². The summed E-state index contributed by atoms with van der Waals surface area (Å²) in [6.45, 7) is 2.96. The molecule has 0 fully saturated rings. The number of likely N-dealkylation sites (N-methyl/N-ethyl adjacent to an activating group) is 1. The summed E-state index contributed by atoms with van der Waals surface area (Å²) in [7, 11) is 1.76. The molecule has 1 aromatic heterocycles. The highest BCUT2D eigenvalue weighted by molar-refractivity contribution is 5.97. The number of H-pyrrole nitrogens is 1. The molecule has 1 N–H and O–H groups in total. The van der Waals surface area contributed by atoms with E-state index in [-0.39, 0.29) is 5.91 Å². The summed E-state index contributed by atoms with van der Waals surface area (Å²) < 4.78 is 5.68. The molecule has 23 heavy (non-hydrogen) atoms. The zero-order valence-electron chi connectivity index (χ0n) is 13.1. The zero-order valence-corrected chi connectivity index (χ0v) is 13.1. The molecule has 0 aliphatic carbocycles. The van der Waals surface area contributed by atoms with Crippen molar-refractivity contribution in [1.29, 1.82) is 0 Å². The highest BCUT2D eigenvalue weighted by Crippen LogP contribution is 2.14. The molecular weight excluding hydrogens is 292 g/mol. The van der Waals surface area contributed by atoms with E-state index in [0.29, 0.717) is 24.2 Å². The molecule has 6 heteroatoms. The van der Waals surface area contributed by atoms with Gasteiger partial charge in [-0.2, -0.15) is 15.4 Å². The molecule has 1 amide bonds. The predicted molar refractivity (Wildman–Crippen MR) is 87.5 cm³/mol. The minimum Gasteiger partial charge on any atom is -0.492 e. The number of carbonyl (C=O) groups excluding carboxylic acids is 1. The van der Waals surface area contributed by atoms with Gasteiger partial charge in [0.1, 0.15) is 23.4 Å². The second kappa shape index (κ2) is 6.48. The lowest BCUT2D eigenvalue weighted by Gasteiger charge is -2.17. The maximum absolute atomic E-state index is 12.4. The molecule has 0 bridgehead atoms. The molecule has 0 aliphatic rings. The van der Waals surface area contributed by atoms with Gasteiger partial charge < -0.3 is 9.64 Å². The largest absolute Gasteiger partial charge is 0.492 e. The molecule has 0 saturated heterocycles. The van der Waals surface area contributed by atoms with E-state index in [9.17, 15) is 4.79 Å². The number of nitrogens with one attached hydrogen (secondary N) is 1. The Morgan fingerprint density at radius 3 is 2.83 bits per heavy atom. The summed E-state index contributed by atoms with van der Waals surface area (Å²) in [6, 6.07) is 13.1. The molecule has 0 aliphatic heterocycles. The van der Waals surface area contributed by atoms with Gasteiger partial charge in [0.05, 0.1) is 6.54 Å². The number of aromatic nitrogens is 3. The van der Waals surface area contributed by atoms with Crippen LogP contribution in [-0.2, 0) is 0 Å². The van der Waals surface area contributed by atoms with Crippen LogP contribution in [0.1, 0.15) is 15.9 Å². The van der Waals surface area contributed by atoms with E-state index < -0.39 is 0 Å². The number of benzene rings is 2. The first-order valence-electron chi connectivity index (χ1n) is 7.39. The highest BCUT2D eigenvalue weighted by Gasteiger charge is 2.13. The second-order valence-corrected chi connectivity index (χ2v) is 5.42. The number of aryl methyl sites for hydroxylation is 1. The molecule has 3 rings (SSSR count). The molecule has 3 aromatic rings. The molecule has 118 valence electrons. The van der Waals surface area contributed by atoms with Crippen molar-refractivity contribution in [3.05, 3.63) is 53.6 Å². The van der Waals surface area contributed by atoms with Crippen LogP contribution in [0, 0.1) is 6.92 Å². The lowest BCUT2D eigenvalue weighted by molar-refractivity contribution is 0.0774. The van der Waals surface area contributed by atoms with Crippen molar-refractivity contribution in [1.82, 2.24) is 20.3 Å². The van der Waals surface area contributed by atoms with Crippen LogP contribution in [0.3, 0.4) is 0 Å². The Balaban J connectivity index is 1.58. The van der Waals surface area contributed by atoms with Crippen LogP contribution >= 0.6 is 0 Å². The summed E-state index contributed by atoms with van der Waals surface area (Å²) in [5.41, 5.74) is 3.16. The summed E-state index contributed by atoms with van der Waals surface area (Å²) in [5, 5.41) is 10.5. The number of aromatic amines is 1. The summed E-state index contributed by atoms with van der Waals surface area (Å²) in [5.74, 6) is 0.748. The Bertz CT molecular complexity index is 828. The van der Waals surface area contributed by atoms with Gasteiger partial charge in [-0.25, -0.2) is 0 Å². The van der Waals surface area contributed by atoms with Crippen LogP contribution in [0.4, 0.5) is 0 Å². The van der Waals surface area contributed by atoms with Crippen LogP contribution < -0.4 is 4.74 Å². The van der Waals surface area contributed by atoms with Gasteiger partial charge in [0, 0.05) is 12.6 Å². The fourth-order valence-corrected chi connectivity index (χ4v) is 2.30. The number of nitrogens with zero attached hydrogens (tertiary/aromatic N) is 3. The first-order valence-corrected chi connectivity index (χ1v) is 7.39. The molecule has 0 unspecified atom stereocenters. The second-order valence-electron chi connectivity index (χ2n) is 5.42. The summed E-state index contributed by atoms with van der Waals surface area (Å²) >= 11 is 0. The van der Waals surface area contributed by atoms with Gasteiger partial charge in [0.2, 0.25) is 0 Å². The number of carbonyl (C=O) groups is 1. The maximum atomic E-state index is 12.4. The molecule has 2 aromatic carbocycles. The lowest BCUT2D eigenvalue weighted by atomic mass is 10.2. The van der Waals surface area contributed by atoms with Crippen LogP contribution in [0.25, 0.3) is 11.0 Å². The topological polar surface area (TPSA) is 71.1 Å². The van der Waals surface area contributed by atoms with Crippen molar-refractivity contribution in [2.45, 2.75) is 6.92 Å². The Hall–Kier alpha value is -2.89. The fraction of sp³-hybridized carbons (Fsp3) is 0.235. The van der Waals surface area contributed by atoms with E-state index >= 15 is 0 Å². The van der Waals surface area contributed by atoms with E-state index in [4.69, 9.17) is 4.74 Å². The minimum absolute atomic E-state index is 0.0669. The third-order valence-corrected chi connectivity index (χ3v) is 3.59. The predicted octanol–water partition coefficient (Wildman–Crippen LogP) is 2.42. The number of fused-ring (bicyclic) bond motifs is 1.